The fourth-order valence-electron chi connectivity index (χ4n) is 1.79. The van der Waals surface area contributed by atoms with Crippen LogP contribution in [0.2, 0.25) is 0 Å². The second-order valence-electron chi connectivity index (χ2n) is 4.11. The van der Waals surface area contributed by atoms with E-state index in [0.717, 1.165) is 12.1 Å². The molecule has 4 heteroatoms. The topological polar surface area (TPSA) is 46.2 Å². The largest absolute Gasteiger partial charge is 0.381 e. The van der Waals surface area contributed by atoms with Crippen LogP contribution in [0.3, 0.4) is 0 Å². The number of hydrogen-bond donors (Lipinski definition) is 1. The molecule has 1 aromatic carbocycles. The lowest BCUT2D eigenvalue weighted by Crippen LogP contribution is -2.20. The van der Waals surface area contributed by atoms with E-state index in [9.17, 15) is 8.42 Å². The molecular formula is C11H15NO2S. The lowest BCUT2D eigenvalue weighted by atomic mass is 10.2. The first-order valence-corrected chi connectivity index (χ1v) is 6.91. The third-order valence-corrected chi connectivity index (χ3v) is 4.42. The fourth-order valence-corrected chi connectivity index (χ4v) is 3.47. The van der Waals surface area contributed by atoms with E-state index in [1.807, 2.05) is 31.2 Å². The number of anilines is 1. The maximum atomic E-state index is 11.2. The van der Waals surface area contributed by atoms with Gasteiger partial charge in [0.1, 0.15) is 0 Å². The van der Waals surface area contributed by atoms with Crippen molar-refractivity contribution in [2.45, 2.75) is 19.4 Å². The summed E-state index contributed by atoms with van der Waals surface area (Å²) in [5, 5.41) is 3.24. The zero-order valence-corrected chi connectivity index (χ0v) is 9.55. The minimum atomic E-state index is -2.79. The van der Waals surface area contributed by atoms with Crippen LogP contribution < -0.4 is 5.32 Å². The van der Waals surface area contributed by atoms with E-state index in [4.69, 9.17) is 0 Å². The first kappa shape index (κ1) is 10.5. The monoisotopic (exact) mass is 225 g/mol. The predicted octanol–water partition coefficient (Wildman–Crippen LogP) is 1.59. The standard InChI is InChI=1S/C11H15NO2S/c1-9-2-4-10(5-3-9)12-11-6-7-15(13,14)8-11/h2-5,11-12H,6-8H2,1H3/t11-/m0/s1. The lowest BCUT2D eigenvalue weighted by molar-refractivity contribution is 0.602. The minimum Gasteiger partial charge on any atom is -0.381 e. The van der Waals surface area contributed by atoms with Crippen molar-refractivity contribution in [1.82, 2.24) is 0 Å². The van der Waals surface area contributed by atoms with Crippen LogP contribution in [0.15, 0.2) is 24.3 Å². The number of nitrogens with one attached hydrogen (secondary N) is 1. The van der Waals surface area contributed by atoms with E-state index < -0.39 is 9.84 Å². The molecule has 0 bridgehead atoms. The highest BCUT2D eigenvalue weighted by Gasteiger charge is 2.27. The summed E-state index contributed by atoms with van der Waals surface area (Å²) in [6.07, 6.45) is 0.718. The van der Waals surface area contributed by atoms with Gasteiger partial charge in [0.25, 0.3) is 0 Å². The molecular weight excluding hydrogens is 210 g/mol. The molecule has 82 valence electrons. The lowest BCUT2D eigenvalue weighted by Gasteiger charge is -2.12. The van der Waals surface area contributed by atoms with E-state index in [1.165, 1.54) is 5.56 Å². The maximum absolute atomic E-state index is 11.2. The summed E-state index contributed by atoms with van der Waals surface area (Å²) in [4.78, 5) is 0. The Balaban J connectivity index is 2.02. The van der Waals surface area contributed by atoms with Crippen LogP contribution in [0, 0.1) is 6.92 Å². The van der Waals surface area contributed by atoms with Gasteiger partial charge in [0.05, 0.1) is 11.5 Å². The highest BCUT2D eigenvalue weighted by molar-refractivity contribution is 7.91. The first-order chi connectivity index (χ1) is 7.05. The van der Waals surface area contributed by atoms with Crippen LogP contribution in [0.5, 0.6) is 0 Å². The molecule has 15 heavy (non-hydrogen) atoms. The summed E-state index contributed by atoms with van der Waals surface area (Å²) >= 11 is 0. The summed E-state index contributed by atoms with van der Waals surface area (Å²) in [6, 6.07) is 8.09. The van der Waals surface area contributed by atoms with Crippen molar-refractivity contribution in [3.05, 3.63) is 29.8 Å². The molecule has 2 rings (SSSR count). The van der Waals surface area contributed by atoms with Gasteiger partial charge in [-0.3, -0.25) is 0 Å². The van der Waals surface area contributed by atoms with Gasteiger partial charge in [-0.15, -0.1) is 0 Å². The molecule has 1 aliphatic heterocycles. The fraction of sp³-hybridized carbons (Fsp3) is 0.455. The number of aryl methyl sites for hydroxylation is 1. The Morgan fingerprint density at radius 3 is 2.47 bits per heavy atom. The Hall–Kier alpha value is -1.03. The predicted molar refractivity (Wildman–Crippen MR) is 61.9 cm³/mol. The quantitative estimate of drug-likeness (QED) is 0.831. The van der Waals surface area contributed by atoms with Gasteiger partial charge in [-0.1, -0.05) is 17.7 Å². The third-order valence-electron chi connectivity index (χ3n) is 2.65. The second-order valence-corrected chi connectivity index (χ2v) is 6.34. The van der Waals surface area contributed by atoms with Gasteiger partial charge in [0, 0.05) is 11.7 Å². The van der Waals surface area contributed by atoms with Crippen molar-refractivity contribution in [2.75, 3.05) is 16.8 Å². The molecule has 0 radical (unpaired) electrons. The van der Waals surface area contributed by atoms with E-state index in [0.29, 0.717) is 5.75 Å². The Kier molecular flexibility index (Phi) is 2.69. The molecule has 1 N–H and O–H groups in total. The van der Waals surface area contributed by atoms with Gasteiger partial charge < -0.3 is 5.32 Å². The molecule has 1 aromatic rings. The molecule has 0 saturated carbocycles. The van der Waals surface area contributed by atoms with Gasteiger partial charge in [0.15, 0.2) is 9.84 Å². The van der Waals surface area contributed by atoms with E-state index in [1.54, 1.807) is 0 Å². The Labute approximate surface area is 90.4 Å². The van der Waals surface area contributed by atoms with Gasteiger partial charge in [-0.25, -0.2) is 8.42 Å². The molecule has 0 spiro atoms. The van der Waals surface area contributed by atoms with Gasteiger partial charge in [-0.05, 0) is 25.5 Å². The Bertz CT molecular complexity index is 436. The number of hydrogen-bond acceptors (Lipinski definition) is 3. The van der Waals surface area contributed by atoms with Crippen molar-refractivity contribution in [3.8, 4) is 0 Å². The van der Waals surface area contributed by atoms with Crippen molar-refractivity contribution in [1.29, 1.82) is 0 Å². The molecule has 0 aliphatic carbocycles. The summed E-state index contributed by atoms with van der Waals surface area (Å²) in [7, 11) is -2.79. The second kappa shape index (κ2) is 3.85. The van der Waals surface area contributed by atoms with Gasteiger partial charge in [0.2, 0.25) is 0 Å². The van der Waals surface area contributed by atoms with Crippen LogP contribution >= 0.6 is 0 Å². The van der Waals surface area contributed by atoms with Crippen LogP contribution in [0.25, 0.3) is 0 Å². The number of rotatable bonds is 2. The third kappa shape index (κ3) is 2.72. The molecule has 3 nitrogen and oxygen atoms in total. The number of sulfone groups is 1. The molecule has 0 unspecified atom stereocenters. The molecule has 1 fully saturated rings. The summed E-state index contributed by atoms with van der Waals surface area (Å²) in [5.74, 6) is 0.581. The van der Waals surface area contributed by atoms with E-state index >= 15 is 0 Å². The minimum absolute atomic E-state index is 0.0812. The highest BCUT2D eigenvalue weighted by Crippen LogP contribution is 2.17. The zero-order valence-electron chi connectivity index (χ0n) is 8.73. The molecule has 0 aromatic heterocycles. The van der Waals surface area contributed by atoms with Crippen molar-refractivity contribution in [3.63, 3.8) is 0 Å². The smallest absolute Gasteiger partial charge is 0.152 e. The maximum Gasteiger partial charge on any atom is 0.152 e. The Morgan fingerprint density at radius 1 is 1.27 bits per heavy atom. The van der Waals surface area contributed by atoms with Crippen LogP contribution in [0.4, 0.5) is 5.69 Å². The SMILES string of the molecule is Cc1ccc(N[C@H]2CCS(=O)(=O)C2)cc1. The normalized spacial score (nSPS) is 23.9. The number of benzene rings is 1. The average Bonchev–Trinajstić information content (AvgIpc) is 2.50. The molecule has 1 saturated heterocycles. The van der Waals surface area contributed by atoms with Gasteiger partial charge in [-0.2, -0.15) is 0 Å². The summed E-state index contributed by atoms with van der Waals surface area (Å²) in [6.45, 7) is 2.03. The molecule has 1 aliphatic rings. The summed E-state index contributed by atoms with van der Waals surface area (Å²) in [5.41, 5.74) is 2.21. The van der Waals surface area contributed by atoms with Crippen LogP contribution in [-0.4, -0.2) is 26.0 Å². The van der Waals surface area contributed by atoms with Crippen molar-refractivity contribution in [2.24, 2.45) is 0 Å². The van der Waals surface area contributed by atoms with Crippen LogP contribution in [-0.2, 0) is 9.84 Å². The molecule has 0 amide bonds. The van der Waals surface area contributed by atoms with Gasteiger partial charge >= 0.3 is 0 Å². The average molecular weight is 225 g/mol. The molecule has 1 atom stereocenters. The van der Waals surface area contributed by atoms with E-state index in [-0.39, 0.29) is 11.8 Å². The highest BCUT2D eigenvalue weighted by atomic mass is 32.2. The van der Waals surface area contributed by atoms with Crippen LogP contribution in [0.1, 0.15) is 12.0 Å². The zero-order chi connectivity index (χ0) is 10.9. The Morgan fingerprint density at radius 2 is 1.93 bits per heavy atom. The first-order valence-electron chi connectivity index (χ1n) is 5.09. The van der Waals surface area contributed by atoms with Crippen molar-refractivity contribution >= 4 is 15.5 Å². The van der Waals surface area contributed by atoms with E-state index in [2.05, 4.69) is 5.32 Å². The summed E-state index contributed by atoms with van der Waals surface area (Å²) < 4.78 is 22.5. The molecule has 1 heterocycles. The van der Waals surface area contributed by atoms with Crippen molar-refractivity contribution < 1.29 is 8.42 Å².